The average molecular weight is 361 g/mol. The number of para-hydroxylation sites is 1. The van der Waals surface area contributed by atoms with Crippen molar-refractivity contribution in [1.82, 2.24) is 24.4 Å². The first-order valence-electron chi connectivity index (χ1n) is 10.2. The maximum absolute atomic E-state index is 5.07. The molecule has 0 amide bonds. The monoisotopic (exact) mass is 361 g/mol. The third kappa shape index (κ3) is 2.94. The van der Waals surface area contributed by atoms with E-state index in [1.807, 2.05) is 0 Å². The molecule has 1 aliphatic heterocycles. The Labute approximate surface area is 160 Å². The van der Waals surface area contributed by atoms with Crippen LogP contribution in [-0.4, -0.2) is 31.0 Å². The van der Waals surface area contributed by atoms with Crippen molar-refractivity contribution in [2.75, 3.05) is 6.54 Å². The number of likely N-dealkylation sites (tertiary alicyclic amines) is 1. The minimum atomic E-state index is 0.385. The van der Waals surface area contributed by atoms with Gasteiger partial charge in [-0.25, -0.2) is 15.0 Å². The number of benzene rings is 1. The van der Waals surface area contributed by atoms with Gasteiger partial charge >= 0.3 is 0 Å². The number of hydrogen-bond acceptors (Lipinski definition) is 4. The zero-order valence-electron chi connectivity index (χ0n) is 16.3. The minimum Gasteiger partial charge on any atom is -0.334 e. The first-order valence-corrected chi connectivity index (χ1v) is 10.2. The normalized spacial score (nSPS) is 20.3. The molecular formula is C22H27N5. The number of imidazole rings is 1. The molecule has 2 aliphatic rings. The average Bonchev–Trinajstić information content (AvgIpc) is 3.26. The quantitative estimate of drug-likeness (QED) is 0.710. The van der Waals surface area contributed by atoms with Crippen molar-refractivity contribution in [2.45, 2.75) is 58.0 Å². The molecule has 0 spiro atoms. The highest BCUT2D eigenvalue weighted by atomic mass is 15.2. The lowest BCUT2D eigenvalue weighted by Gasteiger charge is -2.24. The molecule has 1 atom stereocenters. The van der Waals surface area contributed by atoms with Crippen LogP contribution in [0.5, 0.6) is 0 Å². The van der Waals surface area contributed by atoms with E-state index in [0.717, 1.165) is 41.9 Å². The highest BCUT2D eigenvalue weighted by Crippen LogP contribution is 2.34. The highest BCUT2D eigenvalue weighted by molar-refractivity contribution is 5.80. The van der Waals surface area contributed by atoms with Gasteiger partial charge in [-0.3, -0.25) is 4.90 Å². The topological polar surface area (TPSA) is 46.8 Å². The Morgan fingerprint density at radius 2 is 1.89 bits per heavy atom. The summed E-state index contributed by atoms with van der Waals surface area (Å²) in [7, 11) is 2.21. The summed E-state index contributed by atoms with van der Waals surface area (Å²) in [6, 6.07) is 8.68. The lowest BCUT2D eigenvalue weighted by Crippen LogP contribution is -2.26. The minimum absolute atomic E-state index is 0.385. The van der Waals surface area contributed by atoms with E-state index in [2.05, 4.69) is 47.7 Å². The molecular weight excluding hydrogens is 334 g/mol. The van der Waals surface area contributed by atoms with Gasteiger partial charge in [-0.15, -0.1) is 0 Å². The molecule has 1 aliphatic carbocycles. The number of rotatable bonds is 3. The van der Waals surface area contributed by atoms with Gasteiger partial charge in [0.1, 0.15) is 11.6 Å². The molecule has 3 heterocycles. The van der Waals surface area contributed by atoms with E-state index in [1.54, 1.807) is 0 Å². The van der Waals surface area contributed by atoms with Gasteiger partial charge in [0.05, 0.1) is 23.8 Å². The van der Waals surface area contributed by atoms with Crippen molar-refractivity contribution in [1.29, 1.82) is 0 Å². The second kappa shape index (κ2) is 6.71. The zero-order chi connectivity index (χ0) is 18.4. The van der Waals surface area contributed by atoms with Gasteiger partial charge < -0.3 is 4.57 Å². The number of aromatic nitrogens is 4. The first kappa shape index (κ1) is 16.9. The fourth-order valence-electron chi connectivity index (χ4n) is 4.86. The summed E-state index contributed by atoms with van der Waals surface area (Å²) in [5.41, 5.74) is 4.91. The molecule has 3 aromatic rings. The van der Waals surface area contributed by atoms with Crippen LogP contribution in [0.2, 0.25) is 0 Å². The fraction of sp³-hybridized carbons (Fsp3) is 0.500. The van der Waals surface area contributed by atoms with Gasteiger partial charge in [-0.05, 0) is 58.1 Å². The van der Waals surface area contributed by atoms with Gasteiger partial charge in [-0.1, -0.05) is 18.2 Å². The van der Waals surface area contributed by atoms with Gasteiger partial charge in [0.15, 0.2) is 0 Å². The predicted molar refractivity (Wildman–Crippen MR) is 107 cm³/mol. The SMILES string of the molecule is Cc1nc(CN2CCC[C@H]2c2nc3c(n2C)CCCC3)nc2ccccc12. The third-order valence-corrected chi connectivity index (χ3v) is 6.25. The summed E-state index contributed by atoms with van der Waals surface area (Å²) in [5, 5.41) is 1.15. The largest absolute Gasteiger partial charge is 0.334 e. The second-order valence-corrected chi connectivity index (χ2v) is 8.00. The Morgan fingerprint density at radius 1 is 1.04 bits per heavy atom. The van der Waals surface area contributed by atoms with Crippen molar-refractivity contribution in [3.8, 4) is 0 Å². The number of aryl methyl sites for hydroxylation is 2. The summed E-state index contributed by atoms with van der Waals surface area (Å²) < 4.78 is 2.38. The van der Waals surface area contributed by atoms with Crippen LogP contribution in [-0.2, 0) is 26.4 Å². The van der Waals surface area contributed by atoms with Crippen molar-refractivity contribution >= 4 is 10.9 Å². The van der Waals surface area contributed by atoms with E-state index in [9.17, 15) is 0 Å². The van der Waals surface area contributed by atoms with Crippen LogP contribution in [0.1, 0.15) is 60.5 Å². The molecule has 1 saturated heterocycles. The van der Waals surface area contributed by atoms with E-state index in [-0.39, 0.29) is 0 Å². The summed E-state index contributed by atoms with van der Waals surface area (Å²) in [6.45, 7) is 3.98. The van der Waals surface area contributed by atoms with Crippen LogP contribution in [0.15, 0.2) is 24.3 Å². The Kier molecular flexibility index (Phi) is 4.20. The number of nitrogens with zero attached hydrogens (tertiary/aromatic N) is 5. The molecule has 0 saturated carbocycles. The molecule has 0 radical (unpaired) electrons. The van der Waals surface area contributed by atoms with Crippen LogP contribution < -0.4 is 0 Å². The van der Waals surface area contributed by atoms with Crippen LogP contribution >= 0.6 is 0 Å². The van der Waals surface area contributed by atoms with Crippen LogP contribution in [0, 0.1) is 6.92 Å². The fourth-order valence-corrected chi connectivity index (χ4v) is 4.86. The Hall–Kier alpha value is -2.27. The summed E-state index contributed by atoms with van der Waals surface area (Å²) >= 11 is 0. The Balaban J connectivity index is 1.45. The molecule has 2 aromatic heterocycles. The van der Waals surface area contributed by atoms with Crippen molar-refractivity contribution in [3.63, 3.8) is 0 Å². The van der Waals surface area contributed by atoms with E-state index in [0.29, 0.717) is 6.04 Å². The van der Waals surface area contributed by atoms with Crippen LogP contribution in [0.3, 0.4) is 0 Å². The maximum atomic E-state index is 5.07. The van der Waals surface area contributed by atoms with Gasteiger partial charge in [-0.2, -0.15) is 0 Å². The molecule has 5 heteroatoms. The summed E-state index contributed by atoms with van der Waals surface area (Å²) in [5.74, 6) is 2.17. The molecule has 0 bridgehead atoms. The molecule has 140 valence electrons. The smallest absolute Gasteiger partial charge is 0.143 e. The number of fused-ring (bicyclic) bond motifs is 2. The van der Waals surface area contributed by atoms with E-state index in [1.165, 1.54) is 49.3 Å². The van der Waals surface area contributed by atoms with Crippen molar-refractivity contribution in [3.05, 3.63) is 53.0 Å². The molecule has 27 heavy (non-hydrogen) atoms. The Morgan fingerprint density at radius 3 is 2.78 bits per heavy atom. The highest BCUT2D eigenvalue weighted by Gasteiger charge is 2.32. The summed E-state index contributed by atoms with van der Waals surface area (Å²) in [6.07, 6.45) is 7.29. The van der Waals surface area contributed by atoms with Gasteiger partial charge in [0.25, 0.3) is 0 Å². The molecule has 5 rings (SSSR count). The predicted octanol–water partition coefficient (Wildman–Crippen LogP) is 3.89. The Bertz CT molecular complexity index is 990. The third-order valence-electron chi connectivity index (χ3n) is 6.25. The van der Waals surface area contributed by atoms with Crippen LogP contribution in [0.4, 0.5) is 0 Å². The van der Waals surface area contributed by atoms with Crippen molar-refractivity contribution < 1.29 is 0 Å². The zero-order valence-corrected chi connectivity index (χ0v) is 16.3. The van der Waals surface area contributed by atoms with E-state index in [4.69, 9.17) is 15.0 Å². The first-order chi connectivity index (χ1) is 13.2. The lowest BCUT2D eigenvalue weighted by atomic mass is 10.0. The summed E-state index contributed by atoms with van der Waals surface area (Å²) in [4.78, 5) is 17.2. The second-order valence-electron chi connectivity index (χ2n) is 8.00. The lowest BCUT2D eigenvalue weighted by molar-refractivity contribution is 0.230. The van der Waals surface area contributed by atoms with Gasteiger partial charge in [0.2, 0.25) is 0 Å². The standard InChI is InChI=1S/C22H27N5/c1-15-16-8-3-4-9-17(16)24-21(23-15)14-27-13-7-12-20(27)22-25-18-10-5-6-11-19(18)26(22)2/h3-4,8-9,20H,5-7,10-14H2,1-2H3/t20-/m0/s1. The molecule has 1 fully saturated rings. The molecule has 0 unspecified atom stereocenters. The van der Waals surface area contributed by atoms with Crippen LogP contribution in [0.25, 0.3) is 10.9 Å². The number of hydrogen-bond donors (Lipinski definition) is 0. The maximum Gasteiger partial charge on any atom is 0.143 e. The molecule has 0 N–H and O–H groups in total. The molecule has 5 nitrogen and oxygen atoms in total. The van der Waals surface area contributed by atoms with E-state index >= 15 is 0 Å². The van der Waals surface area contributed by atoms with Crippen molar-refractivity contribution in [2.24, 2.45) is 7.05 Å². The van der Waals surface area contributed by atoms with E-state index < -0.39 is 0 Å². The van der Waals surface area contributed by atoms with Gasteiger partial charge in [0, 0.05) is 23.8 Å². The molecule has 1 aromatic carbocycles.